The quantitative estimate of drug-likeness (QED) is 0.318. The van der Waals surface area contributed by atoms with Gasteiger partial charge in [0.1, 0.15) is 0 Å². The fraction of sp³-hybridized carbons (Fsp3) is 0. The molecule has 3 aromatic carbocycles. The van der Waals surface area contributed by atoms with Crippen LogP contribution in [0.1, 0.15) is 0 Å². The van der Waals surface area contributed by atoms with Crippen molar-refractivity contribution in [2.45, 2.75) is 0 Å². The second-order valence-electron chi connectivity index (χ2n) is 5.68. The number of para-hydroxylation sites is 2. The third-order valence-corrected chi connectivity index (χ3v) is 4.68. The second kappa shape index (κ2) is 6.18. The summed E-state index contributed by atoms with van der Waals surface area (Å²) in [4.78, 5) is 11.2. The van der Waals surface area contributed by atoms with E-state index < -0.39 is 0 Å². The average Bonchev–Trinajstić information content (AvgIpc) is 3.06. The monoisotopic (exact) mass is 392 g/mol. The van der Waals surface area contributed by atoms with Gasteiger partial charge in [0.05, 0.1) is 16.0 Å². The van der Waals surface area contributed by atoms with Crippen molar-refractivity contribution in [3.05, 3.63) is 93.6 Å². The maximum absolute atomic E-state index is 11.5. The Labute approximate surface area is 152 Å². The molecule has 0 radical (unpaired) electrons. The number of fused-ring (bicyclic) bond motifs is 1. The fourth-order valence-corrected chi connectivity index (χ4v) is 3.46. The number of hydrogen-bond donors (Lipinski definition) is 0. The number of nitrogens with zero attached hydrogens (tertiary/aromatic N) is 2. The largest absolute Gasteiger partial charge is 0.316 e. The Morgan fingerprint density at radius 2 is 1.68 bits per heavy atom. The molecule has 0 N–H and O–H groups in total. The van der Waals surface area contributed by atoms with Gasteiger partial charge in [0.2, 0.25) is 0 Å². The first-order valence-electron chi connectivity index (χ1n) is 7.75. The molecule has 25 heavy (non-hydrogen) atoms. The maximum Gasteiger partial charge on any atom is 0.277 e. The van der Waals surface area contributed by atoms with E-state index in [0.29, 0.717) is 5.56 Å². The predicted molar refractivity (Wildman–Crippen MR) is 103 cm³/mol. The lowest BCUT2D eigenvalue weighted by molar-refractivity contribution is -0.384. The first-order valence-corrected chi connectivity index (χ1v) is 8.54. The minimum atomic E-state index is -0.337. The summed E-state index contributed by atoms with van der Waals surface area (Å²) in [7, 11) is 0. The number of nitro groups is 1. The standard InChI is InChI=1S/C20H13BrN2O2/c21-15-9-10-19(23(24)25)18(13-15)17-8-4-5-14-11-12-22(20(14)17)16-6-2-1-3-7-16/h1-13H. The van der Waals surface area contributed by atoms with E-state index in [0.717, 1.165) is 26.6 Å². The van der Waals surface area contributed by atoms with E-state index in [1.54, 1.807) is 12.1 Å². The molecule has 0 fully saturated rings. The van der Waals surface area contributed by atoms with E-state index in [-0.39, 0.29) is 10.6 Å². The Kier molecular flexibility index (Phi) is 3.86. The average molecular weight is 393 g/mol. The molecule has 0 amide bonds. The summed E-state index contributed by atoms with van der Waals surface area (Å²) in [5.74, 6) is 0. The van der Waals surface area contributed by atoms with Crippen molar-refractivity contribution in [3.63, 3.8) is 0 Å². The first-order chi connectivity index (χ1) is 12.1. The van der Waals surface area contributed by atoms with Gasteiger partial charge in [-0.25, -0.2) is 0 Å². The van der Waals surface area contributed by atoms with Crippen LogP contribution in [0.5, 0.6) is 0 Å². The van der Waals surface area contributed by atoms with Crippen molar-refractivity contribution < 1.29 is 4.92 Å². The highest BCUT2D eigenvalue weighted by Gasteiger charge is 2.19. The van der Waals surface area contributed by atoms with Gasteiger partial charge in [-0.15, -0.1) is 0 Å². The molecule has 4 nitrogen and oxygen atoms in total. The van der Waals surface area contributed by atoms with E-state index in [9.17, 15) is 10.1 Å². The van der Waals surface area contributed by atoms with E-state index in [2.05, 4.69) is 20.5 Å². The Bertz CT molecular complexity index is 1090. The number of halogens is 1. The van der Waals surface area contributed by atoms with Crippen LogP contribution in [0.25, 0.3) is 27.7 Å². The van der Waals surface area contributed by atoms with Gasteiger partial charge < -0.3 is 4.57 Å². The molecule has 0 saturated carbocycles. The normalized spacial score (nSPS) is 10.9. The molecule has 1 heterocycles. The van der Waals surface area contributed by atoms with Crippen molar-refractivity contribution in [2.24, 2.45) is 0 Å². The molecule has 0 aliphatic rings. The van der Waals surface area contributed by atoms with Crippen molar-refractivity contribution >= 4 is 32.5 Å². The van der Waals surface area contributed by atoms with Crippen LogP contribution in [-0.2, 0) is 0 Å². The molecule has 0 aliphatic carbocycles. The van der Waals surface area contributed by atoms with Crippen LogP contribution < -0.4 is 0 Å². The molecule has 0 aliphatic heterocycles. The molecule has 0 unspecified atom stereocenters. The van der Waals surface area contributed by atoms with Crippen LogP contribution in [0.2, 0.25) is 0 Å². The first kappa shape index (κ1) is 15.6. The molecular formula is C20H13BrN2O2. The van der Waals surface area contributed by atoms with Crippen molar-refractivity contribution in [2.75, 3.05) is 0 Å². The van der Waals surface area contributed by atoms with Crippen LogP contribution >= 0.6 is 15.9 Å². The Balaban J connectivity index is 2.06. The third-order valence-electron chi connectivity index (χ3n) is 4.19. The summed E-state index contributed by atoms with van der Waals surface area (Å²) in [6.45, 7) is 0. The summed E-state index contributed by atoms with van der Waals surface area (Å²) < 4.78 is 2.87. The summed E-state index contributed by atoms with van der Waals surface area (Å²) >= 11 is 3.43. The lowest BCUT2D eigenvalue weighted by Crippen LogP contribution is -1.96. The zero-order chi connectivity index (χ0) is 17.4. The van der Waals surface area contributed by atoms with Gasteiger partial charge >= 0.3 is 0 Å². The van der Waals surface area contributed by atoms with Crippen molar-refractivity contribution in [1.29, 1.82) is 0 Å². The second-order valence-corrected chi connectivity index (χ2v) is 6.60. The van der Waals surface area contributed by atoms with Crippen LogP contribution in [0, 0.1) is 10.1 Å². The van der Waals surface area contributed by atoms with E-state index in [1.165, 1.54) is 6.07 Å². The molecule has 5 heteroatoms. The van der Waals surface area contributed by atoms with Crippen molar-refractivity contribution in [3.8, 4) is 16.8 Å². The Hall–Kier alpha value is -2.92. The van der Waals surface area contributed by atoms with Crippen molar-refractivity contribution in [1.82, 2.24) is 4.57 Å². The van der Waals surface area contributed by atoms with Gasteiger partial charge in [-0.2, -0.15) is 0 Å². The molecule has 122 valence electrons. The summed E-state index contributed by atoms with van der Waals surface area (Å²) in [5, 5.41) is 12.6. The molecule has 0 atom stereocenters. The number of hydrogen-bond acceptors (Lipinski definition) is 2. The number of rotatable bonds is 3. The molecule has 1 aromatic heterocycles. The molecule has 0 saturated heterocycles. The molecule has 0 spiro atoms. The van der Waals surface area contributed by atoms with E-state index in [1.807, 2.05) is 60.8 Å². The topological polar surface area (TPSA) is 48.1 Å². The highest BCUT2D eigenvalue weighted by Crippen LogP contribution is 2.37. The van der Waals surface area contributed by atoms with Crippen LogP contribution in [0.15, 0.2) is 83.5 Å². The number of nitro benzene ring substituents is 1. The smallest absolute Gasteiger partial charge is 0.277 e. The lowest BCUT2D eigenvalue weighted by atomic mass is 10.0. The predicted octanol–water partition coefficient (Wildman–Crippen LogP) is 5.97. The fourth-order valence-electron chi connectivity index (χ4n) is 3.10. The van der Waals surface area contributed by atoms with E-state index >= 15 is 0 Å². The van der Waals surface area contributed by atoms with Gasteiger partial charge in [-0.05, 0) is 30.3 Å². The zero-order valence-corrected chi connectivity index (χ0v) is 14.7. The summed E-state index contributed by atoms with van der Waals surface area (Å²) in [6, 6.07) is 22.9. The zero-order valence-electron chi connectivity index (χ0n) is 13.1. The lowest BCUT2D eigenvalue weighted by Gasteiger charge is -2.11. The Morgan fingerprint density at radius 1 is 0.880 bits per heavy atom. The summed E-state index contributed by atoms with van der Waals surface area (Å²) in [5.41, 5.74) is 3.49. The van der Waals surface area contributed by atoms with Crippen LogP contribution in [0.3, 0.4) is 0 Å². The highest BCUT2D eigenvalue weighted by molar-refractivity contribution is 9.10. The third kappa shape index (κ3) is 2.72. The van der Waals surface area contributed by atoms with Crippen LogP contribution in [0.4, 0.5) is 5.69 Å². The SMILES string of the molecule is O=[N+]([O-])c1ccc(Br)cc1-c1cccc2ccn(-c3ccccc3)c12. The molecule has 4 aromatic rings. The summed E-state index contributed by atoms with van der Waals surface area (Å²) in [6.07, 6.45) is 1.99. The van der Waals surface area contributed by atoms with Crippen LogP contribution in [-0.4, -0.2) is 9.49 Å². The number of benzene rings is 3. The van der Waals surface area contributed by atoms with Gasteiger partial charge in [0.15, 0.2) is 0 Å². The molecule has 4 rings (SSSR count). The molecule has 0 bridgehead atoms. The maximum atomic E-state index is 11.5. The van der Waals surface area contributed by atoms with Gasteiger partial charge in [-0.3, -0.25) is 10.1 Å². The highest BCUT2D eigenvalue weighted by atomic mass is 79.9. The van der Waals surface area contributed by atoms with E-state index in [4.69, 9.17) is 0 Å². The van der Waals surface area contributed by atoms with Gasteiger partial charge in [0.25, 0.3) is 5.69 Å². The number of aromatic nitrogens is 1. The minimum Gasteiger partial charge on any atom is -0.316 e. The molecular weight excluding hydrogens is 380 g/mol. The van der Waals surface area contributed by atoms with Gasteiger partial charge in [0, 0.05) is 33.4 Å². The Morgan fingerprint density at radius 3 is 2.44 bits per heavy atom. The van der Waals surface area contributed by atoms with Gasteiger partial charge in [-0.1, -0.05) is 52.3 Å². The minimum absolute atomic E-state index is 0.0940.